The van der Waals surface area contributed by atoms with Crippen LogP contribution in [0.15, 0.2) is 33.7 Å². The molecule has 0 aliphatic carbocycles. The molecule has 0 aliphatic rings. The van der Waals surface area contributed by atoms with E-state index >= 15 is 0 Å². The topological polar surface area (TPSA) is 62.9 Å². The first-order chi connectivity index (χ1) is 12.0. The van der Waals surface area contributed by atoms with Crippen LogP contribution < -0.4 is 10.1 Å². The highest BCUT2D eigenvalue weighted by atomic mass is 127. The number of oxazole rings is 1. The fourth-order valence-corrected chi connectivity index (χ4v) is 2.43. The highest BCUT2D eigenvalue weighted by Gasteiger charge is 2.09. The first kappa shape index (κ1) is 22.3. The molecule has 1 heterocycles. The summed E-state index contributed by atoms with van der Waals surface area (Å²) < 4.78 is 11.1. The summed E-state index contributed by atoms with van der Waals surface area (Å²) in [6.45, 7) is 10.5. The second-order valence-electron chi connectivity index (χ2n) is 5.85. The predicted octanol–water partition coefficient (Wildman–Crippen LogP) is 3.91. The van der Waals surface area contributed by atoms with Gasteiger partial charge in [-0.05, 0) is 45.4 Å². The monoisotopic (exact) mass is 472 g/mol. The Balaban J connectivity index is 0.00000338. The van der Waals surface area contributed by atoms with Gasteiger partial charge in [0.15, 0.2) is 5.96 Å². The lowest BCUT2D eigenvalue weighted by molar-refractivity contribution is 0.340. The van der Waals surface area contributed by atoms with E-state index < -0.39 is 0 Å². The number of benzene rings is 1. The van der Waals surface area contributed by atoms with Crippen LogP contribution in [0.5, 0.6) is 5.75 Å². The molecule has 1 N–H and O–H groups in total. The molecule has 1 aromatic heterocycles. The third kappa shape index (κ3) is 6.51. The second-order valence-corrected chi connectivity index (χ2v) is 5.85. The zero-order chi connectivity index (χ0) is 18.2. The van der Waals surface area contributed by atoms with Gasteiger partial charge in [-0.1, -0.05) is 12.1 Å². The SMILES string of the molecule is CCNC(=NCc1nc(C)c(C)o1)N(C)Cc1ccc(OCC)cc1.I. The average Bonchev–Trinajstić information content (AvgIpc) is 2.91. The van der Waals surface area contributed by atoms with E-state index in [-0.39, 0.29) is 24.0 Å². The van der Waals surface area contributed by atoms with Crippen molar-refractivity contribution in [2.24, 2.45) is 4.99 Å². The Kier molecular flexibility index (Phi) is 9.47. The van der Waals surface area contributed by atoms with Crippen LogP contribution in [0.3, 0.4) is 0 Å². The first-order valence-corrected chi connectivity index (χ1v) is 8.67. The van der Waals surface area contributed by atoms with E-state index in [1.54, 1.807) is 0 Å². The van der Waals surface area contributed by atoms with Gasteiger partial charge in [0.25, 0.3) is 0 Å². The summed E-state index contributed by atoms with van der Waals surface area (Å²) in [4.78, 5) is 11.1. The summed E-state index contributed by atoms with van der Waals surface area (Å²) in [5, 5.41) is 3.31. The maximum Gasteiger partial charge on any atom is 0.216 e. The maximum absolute atomic E-state index is 5.60. The summed E-state index contributed by atoms with van der Waals surface area (Å²) in [5.74, 6) is 3.20. The molecule has 6 nitrogen and oxygen atoms in total. The molecule has 0 atom stereocenters. The molecular weight excluding hydrogens is 443 g/mol. The normalized spacial score (nSPS) is 11.0. The third-order valence-corrected chi connectivity index (χ3v) is 3.79. The standard InChI is InChI=1S/C19H28N4O2.HI/c1-6-20-19(21-12-18-22-14(3)15(4)25-18)23(5)13-16-8-10-17(11-9-16)24-7-2;/h8-11H,6-7,12-13H2,1-5H3,(H,20,21);1H. The number of aryl methyl sites for hydroxylation is 2. The molecule has 0 amide bonds. The van der Waals surface area contributed by atoms with Gasteiger partial charge in [0, 0.05) is 20.1 Å². The average molecular weight is 472 g/mol. The number of hydrogen-bond acceptors (Lipinski definition) is 4. The Morgan fingerprint density at radius 3 is 2.46 bits per heavy atom. The highest BCUT2D eigenvalue weighted by molar-refractivity contribution is 14.0. The molecule has 0 fully saturated rings. The van der Waals surface area contributed by atoms with Crippen LogP contribution in [0.25, 0.3) is 0 Å². The van der Waals surface area contributed by atoms with Gasteiger partial charge in [0.05, 0.1) is 12.3 Å². The van der Waals surface area contributed by atoms with E-state index in [9.17, 15) is 0 Å². The molecule has 2 rings (SSSR count). The number of aromatic nitrogens is 1. The lowest BCUT2D eigenvalue weighted by atomic mass is 10.2. The van der Waals surface area contributed by atoms with Gasteiger partial charge in [-0.15, -0.1) is 24.0 Å². The minimum Gasteiger partial charge on any atom is -0.494 e. The molecule has 0 bridgehead atoms. The highest BCUT2D eigenvalue weighted by Crippen LogP contribution is 2.14. The number of aliphatic imine (C=N–C) groups is 1. The Hall–Kier alpha value is -1.77. The maximum atomic E-state index is 5.60. The summed E-state index contributed by atoms with van der Waals surface area (Å²) >= 11 is 0. The minimum absolute atomic E-state index is 0. The second kappa shape index (κ2) is 11.1. The molecular formula is C19H29IN4O2. The van der Waals surface area contributed by atoms with Crippen molar-refractivity contribution >= 4 is 29.9 Å². The summed E-state index contributed by atoms with van der Waals surface area (Å²) in [6, 6.07) is 8.14. The molecule has 0 unspecified atom stereocenters. The van der Waals surface area contributed by atoms with Gasteiger partial charge in [0.1, 0.15) is 18.1 Å². The van der Waals surface area contributed by atoms with Crippen molar-refractivity contribution in [3.05, 3.63) is 47.2 Å². The Labute approximate surface area is 173 Å². The van der Waals surface area contributed by atoms with Crippen LogP contribution in [0.2, 0.25) is 0 Å². The molecule has 0 spiro atoms. The zero-order valence-corrected chi connectivity index (χ0v) is 18.5. The molecule has 144 valence electrons. The summed E-state index contributed by atoms with van der Waals surface area (Å²) in [5.41, 5.74) is 2.11. The van der Waals surface area contributed by atoms with Crippen molar-refractivity contribution in [1.29, 1.82) is 0 Å². The van der Waals surface area contributed by atoms with Crippen molar-refractivity contribution in [1.82, 2.24) is 15.2 Å². The van der Waals surface area contributed by atoms with Crippen molar-refractivity contribution in [3.8, 4) is 5.75 Å². The summed E-state index contributed by atoms with van der Waals surface area (Å²) in [6.07, 6.45) is 0. The van der Waals surface area contributed by atoms with E-state index in [2.05, 4.69) is 39.2 Å². The number of hydrogen-bond donors (Lipinski definition) is 1. The quantitative estimate of drug-likeness (QED) is 0.376. The molecule has 0 radical (unpaired) electrons. The van der Waals surface area contributed by atoms with E-state index in [1.165, 1.54) is 5.56 Å². The molecule has 0 saturated carbocycles. The van der Waals surface area contributed by atoms with Crippen LogP contribution in [0, 0.1) is 13.8 Å². The number of guanidine groups is 1. The van der Waals surface area contributed by atoms with Crippen LogP contribution in [-0.2, 0) is 13.1 Å². The number of halogens is 1. The largest absolute Gasteiger partial charge is 0.494 e. The van der Waals surface area contributed by atoms with Gasteiger partial charge in [-0.2, -0.15) is 0 Å². The van der Waals surface area contributed by atoms with Crippen molar-refractivity contribution in [2.45, 2.75) is 40.8 Å². The van der Waals surface area contributed by atoms with Gasteiger partial charge >= 0.3 is 0 Å². The lowest BCUT2D eigenvalue weighted by Crippen LogP contribution is -2.38. The number of rotatable bonds is 7. The van der Waals surface area contributed by atoms with Gasteiger partial charge in [-0.25, -0.2) is 9.98 Å². The lowest BCUT2D eigenvalue weighted by Gasteiger charge is -2.22. The molecule has 7 heteroatoms. The predicted molar refractivity (Wildman–Crippen MR) is 115 cm³/mol. The Morgan fingerprint density at radius 2 is 1.92 bits per heavy atom. The van der Waals surface area contributed by atoms with Crippen LogP contribution in [-0.4, -0.2) is 36.0 Å². The van der Waals surface area contributed by atoms with E-state index in [0.29, 0.717) is 19.0 Å². The molecule has 2 aromatic rings. The fourth-order valence-electron chi connectivity index (χ4n) is 2.43. The molecule has 26 heavy (non-hydrogen) atoms. The van der Waals surface area contributed by atoms with Gasteiger partial charge in [-0.3, -0.25) is 0 Å². The van der Waals surface area contributed by atoms with Crippen LogP contribution >= 0.6 is 24.0 Å². The molecule has 0 saturated heterocycles. The smallest absolute Gasteiger partial charge is 0.216 e. The van der Waals surface area contributed by atoms with Crippen LogP contribution in [0.4, 0.5) is 0 Å². The third-order valence-electron chi connectivity index (χ3n) is 3.79. The number of ether oxygens (including phenoxy) is 1. The molecule has 1 aromatic carbocycles. The van der Waals surface area contributed by atoms with Gasteiger partial charge < -0.3 is 19.4 Å². The summed E-state index contributed by atoms with van der Waals surface area (Å²) in [7, 11) is 2.02. The minimum atomic E-state index is 0. The van der Waals surface area contributed by atoms with E-state index in [4.69, 9.17) is 9.15 Å². The Bertz CT molecular complexity index is 679. The molecule has 0 aliphatic heterocycles. The number of nitrogens with zero attached hydrogens (tertiary/aromatic N) is 3. The number of nitrogens with one attached hydrogen (secondary N) is 1. The van der Waals surface area contributed by atoms with Crippen molar-refractivity contribution in [2.75, 3.05) is 20.2 Å². The van der Waals surface area contributed by atoms with E-state index in [0.717, 1.165) is 36.3 Å². The Morgan fingerprint density at radius 1 is 1.23 bits per heavy atom. The van der Waals surface area contributed by atoms with Gasteiger partial charge in [0.2, 0.25) is 5.89 Å². The van der Waals surface area contributed by atoms with Crippen LogP contribution in [0.1, 0.15) is 36.8 Å². The zero-order valence-electron chi connectivity index (χ0n) is 16.2. The van der Waals surface area contributed by atoms with Crippen molar-refractivity contribution in [3.63, 3.8) is 0 Å². The van der Waals surface area contributed by atoms with Crippen molar-refractivity contribution < 1.29 is 9.15 Å². The van der Waals surface area contributed by atoms with E-state index in [1.807, 2.05) is 40.0 Å². The fraction of sp³-hybridized carbons (Fsp3) is 0.474. The first-order valence-electron chi connectivity index (χ1n) is 8.67.